The summed E-state index contributed by atoms with van der Waals surface area (Å²) in [5.41, 5.74) is 3.69. The van der Waals surface area contributed by atoms with Crippen LogP contribution in [0.2, 0.25) is 0 Å². The van der Waals surface area contributed by atoms with Crippen LogP contribution < -0.4 is 10.1 Å². The third-order valence-corrected chi connectivity index (χ3v) is 6.81. The number of fused-ring (bicyclic) bond motifs is 1. The van der Waals surface area contributed by atoms with Crippen molar-refractivity contribution in [2.45, 2.75) is 39.3 Å². The van der Waals surface area contributed by atoms with Gasteiger partial charge in [-0.15, -0.1) is 0 Å². The average Bonchev–Trinajstić information content (AvgIpc) is 3.54. The summed E-state index contributed by atoms with van der Waals surface area (Å²) in [5.74, 6) is 0.560. The molecule has 0 bridgehead atoms. The number of carbonyl (C=O) groups excluding carboxylic acids is 3. The molecular formula is C29H29N5O4. The predicted molar refractivity (Wildman–Crippen MR) is 144 cm³/mol. The highest BCUT2D eigenvalue weighted by molar-refractivity contribution is 6.06. The van der Waals surface area contributed by atoms with Crippen molar-refractivity contribution in [2.24, 2.45) is 0 Å². The molecule has 0 aliphatic carbocycles. The van der Waals surface area contributed by atoms with Gasteiger partial charge in [0.15, 0.2) is 5.78 Å². The minimum Gasteiger partial charge on any atom is -0.497 e. The molecule has 9 heteroatoms. The summed E-state index contributed by atoms with van der Waals surface area (Å²) in [6.45, 7) is 3.73. The number of ketones is 1. The zero-order chi connectivity index (χ0) is 26.8. The number of aryl methyl sites for hydroxylation is 1. The SMILES string of the molecule is COc1ccc(-c2ccc3c(c2)c(C(C)=O)nn3CC(=O)N2CCC[C@H]2C(=O)Nc2cccc(C)n2)cc1. The van der Waals surface area contributed by atoms with Gasteiger partial charge in [-0.25, -0.2) is 4.98 Å². The maximum Gasteiger partial charge on any atom is 0.248 e. The van der Waals surface area contributed by atoms with Crippen LogP contribution in [-0.4, -0.2) is 57.0 Å². The highest BCUT2D eigenvalue weighted by Gasteiger charge is 2.34. The monoisotopic (exact) mass is 511 g/mol. The lowest BCUT2D eigenvalue weighted by molar-refractivity contribution is -0.137. The van der Waals surface area contributed by atoms with Crippen molar-refractivity contribution in [1.29, 1.82) is 0 Å². The highest BCUT2D eigenvalue weighted by Crippen LogP contribution is 2.29. The van der Waals surface area contributed by atoms with E-state index < -0.39 is 6.04 Å². The van der Waals surface area contributed by atoms with Gasteiger partial charge in [0.2, 0.25) is 11.8 Å². The van der Waals surface area contributed by atoms with Gasteiger partial charge >= 0.3 is 0 Å². The molecule has 1 aliphatic rings. The smallest absolute Gasteiger partial charge is 0.248 e. The zero-order valence-electron chi connectivity index (χ0n) is 21.6. The quantitative estimate of drug-likeness (QED) is 0.372. The average molecular weight is 512 g/mol. The lowest BCUT2D eigenvalue weighted by atomic mass is 10.0. The van der Waals surface area contributed by atoms with E-state index >= 15 is 0 Å². The Morgan fingerprint density at radius 2 is 1.82 bits per heavy atom. The first kappa shape index (κ1) is 25.1. The van der Waals surface area contributed by atoms with Crippen molar-refractivity contribution in [3.63, 3.8) is 0 Å². The van der Waals surface area contributed by atoms with Crippen LogP contribution in [0.5, 0.6) is 5.75 Å². The van der Waals surface area contributed by atoms with E-state index in [9.17, 15) is 14.4 Å². The van der Waals surface area contributed by atoms with E-state index in [1.165, 1.54) is 6.92 Å². The fraction of sp³-hybridized carbons (Fsp3) is 0.276. The van der Waals surface area contributed by atoms with Gasteiger partial charge in [0.05, 0.1) is 12.6 Å². The van der Waals surface area contributed by atoms with E-state index in [0.717, 1.165) is 29.0 Å². The number of nitrogens with zero attached hydrogens (tertiary/aromatic N) is 4. The van der Waals surface area contributed by atoms with E-state index in [2.05, 4.69) is 15.4 Å². The number of hydrogen-bond donors (Lipinski definition) is 1. The van der Waals surface area contributed by atoms with E-state index in [-0.39, 0.29) is 24.1 Å². The Hall–Kier alpha value is -4.53. The standard InChI is InChI=1S/C29H29N5O4/c1-18-6-4-8-26(30-18)31-29(37)25-7-5-15-33(25)27(36)17-34-24-14-11-21(16-23(24)28(32-34)19(2)35)20-9-12-22(38-3)13-10-20/h4,6,8-14,16,25H,5,7,15,17H2,1-3H3,(H,30,31,37)/t25-/m0/s1. The van der Waals surface area contributed by atoms with Crippen molar-refractivity contribution in [3.05, 3.63) is 72.1 Å². The van der Waals surface area contributed by atoms with Gasteiger partial charge < -0.3 is 15.0 Å². The molecule has 0 saturated carbocycles. The van der Waals surface area contributed by atoms with E-state index in [1.807, 2.05) is 61.5 Å². The molecule has 1 aliphatic heterocycles. The second-order valence-electron chi connectivity index (χ2n) is 9.42. The number of carbonyl (C=O) groups is 3. The molecule has 4 aromatic rings. The van der Waals surface area contributed by atoms with Crippen LogP contribution in [-0.2, 0) is 16.1 Å². The van der Waals surface area contributed by atoms with E-state index in [0.29, 0.717) is 35.4 Å². The minimum atomic E-state index is -0.583. The third-order valence-electron chi connectivity index (χ3n) is 6.81. The number of amides is 2. The van der Waals surface area contributed by atoms with Crippen LogP contribution >= 0.6 is 0 Å². The van der Waals surface area contributed by atoms with Crippen molar-refractivity contribution in [2.75, 3.05) is 19.0 Å². The molecule has 0 radical (unpaired) electrons. The van der Waals surface area contributed by atoms with Gasteiger partial charge in [0.1, 0.15) is 29.8 Å². The zero-order valence-corrected chi connectivity index (χ0v) is 21.6. The first-order chi connectivity index (χ1) is 18.3. The summed E-state index contributed by atoms with van der Waals surface area (Å²) in [6, 6.07) is 18.2. The van der Waals surface area contributed by atoms with Crippen LogP contribution in [0, 0.1) is 6.92 Å². The molecular weight excluding hydrogens is 482 g/mol. The van der Waals surface area contributed by atoms with Gasteiger partial charge in [-0.2, -0.15) is 5.10 Å². The number of aromatic nitrogens is 3. The molecule has 9 nitrogen and oxygen atoms in total. The normalized spacial score (nSPS) is 15.0. The van der Waals surface area contributed by atoms with Crippen LogP contribution in [0.15, 0.2) is 60.7 Å². The fourth-order valence-corrected chi connectivity index (χ4v) is 4.90. The van der Waals surface area contributed by atoms with Gasteiger partial charge in [-0.1, -0.05) is 24.3 Å². The number of nitrogens with one attached hydrogen (secondary N) is 1. The Balaban J connectivity index is 1.38. The lowest BCUT2D eigenvalue weighted by Crippen LogP contribution is -2.44. The molecule has 3 heterocycles. The molecule has 0 spiro atoms. The maximum atomic E-state index is 13.4. The molecule has 38 heavy (non-hydrogen) atoms. The summed E-state index contributed by atoms with van der Waals surface area (Å²) in [5, 5.41) is 8.01. The molecule has 2 amide bonds. The van der Waals surface area contributed by atoms with Crippen molar-refractivity contribution < 1.29 is 19.1 Å². The summed E-state index contributed by atoms with van der Waals surface area (Å²) in [7, 11) is 1.62. The predicted octanol–water partition coefficient (Wildman–Crippen LogP) is 4.25. The molecule has 2 aromatic carbocycles. The molecule has 2 aromatic heterocycles. The van der Waals surface area contributed by atoms with E-state index in [4.69, 9.17) is 4.74 Å². The Morgan fingerprint density at radius 3 is 2.53 bits per heavy atom. The van der Waals surface area contributed by atoms with Crippen molar-refractivity contribution in [1.82, 2.24) is 19.7 Å². The summed E-state index contributed by atoms with van der Waals surface area (Å²) >= 11 is 0. The number of rotatable bonds is 7. The van der Waals surface area contributed by atoms with Gasteiger partial charge in [-0.05, 0) is 67.3 Å². The highest BCUT2D eigenvalue weighted by atomic mass is 16.5. The summed E-state index contributed by atoms with van der Waals surface area (Å²) in [6.07, 6.45) is 1.31. The van der Waals surface area contributed by atoms with Gasteiger partial charge in [-0.3, -0.25) is 19.1 Å². The minimum absolute atomic E-state index is 0.0713. The first-order valence-electron chi connectivity index (χ1n) is 12.5. The van der Waals surface area contributed by atoms with Crippen LogP contribution in [0.25, 0.3) is 22.0 Å². The second kappa shape index (κ2) is 10.5. The van der Waals surface area contributed by atoms with Crippen LogP contribution in [0.1, 0.15) is 35.9 Å². The first-order valence-corrected chi connectivity index (χ1v) is 12.5. The number of benzene rings is 2. The molecule has 5 rings (SSSR count). The number of Topliss-reactive ketones (excluding diaryl/α,β-unsaturated/α-hetero) is 1. The van der Waals surface area contributed by atoms with E-state index in [1.54, 1.807) is 22.8 Å². The Bertz CT molecular complexity index is 1530. The number of ether oxygens (including phenoxy) is 1. The van der Waals surface area contributed by atoms with Crippen LogP contribution in [0.4, 0.5) is 5.82 Å². The van der Waals surface area contributed by atoms with Gasteiger partial charge in [0.25, 0.3) is 0 Å². The number of hydrogen-bond acceptors (Lipinski definition) is 6. The summed E-state index contributed by atoms with van der Waals surface area (Å²) < 4.78 is 6.80. The lowest BCUT2D eigenvalue weighted by Gasteiger charge is -2.24. The summed E-state index contributed by atoms with van der Waals surface area (Å²) in [4.78, 5) is 44.7. The molecule has 1 N–H and O–H groups in total. The molecule has 0 unspecified atom stereocenters. The third kappa shape index (κ3) is 5.00. The Labute approximate surface area is 220 Å². The number of anilines is 1. The maximum absolute atomic E-state index is 13.4. The largest absolute Gasteiger partial charge is 0.497 e. The Morgan fingerprint density at radius 1 is 1.05 bits per heavy atom. The van der Waals surface area contributed by atoms with Gasteiger partial charge in [0, 0.05) is 24.5 Å². The molecule has 1 saturated heterocycles. The number of pyridine rings is 1. The van der Waals surface area contributed by atoms with Crippen molar-refractivity contribution >= 4 is 34.3 Å². The number of methoxy groups -OCH3 is 1. The molecule has 194 valence electrons. The fourth-order valence-electron chi connectivity index (χ4n) is 4.90. The topological polar surface area (TPSA) is 106 Å². The molecule has 1 fully saturated rings. The molecule has 1 atom stereocenters. The number of likely N-dealkylation sites (tertiary alicyclic amines) is 1. The Kier molecular flexibility index (Phi) is 6.91. The second-order valence-corrected chi connectivity index (χ2v) is 9.42. The van der Waals surface area contributed by atoms with Crippen molar-refractivity contribution in [3.8, 4) is 16.9 Å². The van der Waals surface area contributed by atoms with Crippen LogP contribution in [0.3, 0.4) is 0 Å².